The van der Waals surface area contributed by atoms with Gasteiger partial charge in [0.1, 0.15) is 6.61 Å². The van der Waals surface area contributed by atoms with Gasteiger partial charge in [-0.3, -0.25) is 4.18 Å². The van der Waals surface area contributed by atoms with E-state index in [1.165, 1.54) is 12.5 Å². The molecule has 0 saturated heterocycles. The summed E-state index contributed by atoms with van der Waals surface area (Å²) in [5.41, 5.74) is 4.41. The Morgan fingerprint density at radius 1 is 0.962 bits per heavy atom. The molecule has 0 N–H and O–H groups in total. The molecule has 6 nitrogen and oxygen atoms in total. The molecule has 0 fully saturated rings. The number of carbonyl (C=O) groups excluding carboxylic acids is 1. The standard InChI is InChI=1S/C18H20O6S2/c1-22-26(20,21)24-25(2,3)18(19)23-12-17-15-10-6-4-8-13(15)14-9-5-7-11-16(14)17/h4-11,17H,12H2,1-3H3. The Morgan fingerprint density at radius 3 is 1.96 bits per heavy atom. The second kappa shape index (κ2) is 7.03. The molecule has 0 heterocycles. The van der Waals surface area contributed by atoms with Crippen molar-refractivity contribution in [3.05, 3.63) is 59.7 Å². The molecule has 0 saturated carbocycles. The van der Waals surface area contributed by atoms with Crippen LogP contribution in [0, 0.1) is 0 Å². The minimum atomic E-state index is -4.22. The van der Waals surface area contributed by atoms with Crippen LogP contribution in [0.4, 0.5) is 4.79 Å². The molecule has 2 aromatic carbocycles. The maximum absolute atomic E-state index is 12.4. The van der Waals surface area contributed by atoms with Gasteiger partial charge in [-0.05, 0) is 45.1 Å². The zero-order valence-corrected chi connectivity index (χ0v) is 16.3. The van der Waals surface area contributed by atoms with E-state index in [0.29, 0.717) is 0 Å². The van der Waals surface area contributed by atoms with E-state index in [-0.39, 0.29) is 12.5 Å². The second-order valence-corrected chi connectivity index (χ2v) is 10.7. The van der Waals surface area contributed by atoms with Crippen LogP contribution in [-0.2, 0) is 22.9 Å². The van der Waals surface area contributed by atoms with Crippen LogP contribution in [0.15, 0.2) is 48.5 Å². The van der Waals surface area contributed by atoms with E-state index in [9.17, 15) is 13.2 Å². The van der Waals surface area contributed by atoms with Gasteiger partial charge in [0.05, 0.1) is 7.11 Å². The Balaban J connectivity index is 1.79. The highest BCUT2D eigenvalue weighted by atomic mass is 32.3. The summed E-state index contributed by atoms with van der Waals surface area (Å²) in [5, 5.41) is -0.694. The van der Waals surface area contributed by atoms with Crippen molar-refractivity contribution in [3.8, 4) is 11.1 Å². The van der Waals surface area contributed by atoms with Crippen LogP contribution < -0.4 is 0 Å². The maximum atomic E-state index is 12.4. The molecule has 1 aliphatic rings. The van der Waals surface area contributed by atoms with E-state index in [1.807, 2.05) is 48.5 Å². The van der Waals surface area contributed by atoms with Crippen molar-refractivity contribution in [2.75, 3.05) is 26.2 Å². The fourth-order valence-corrected chi connectivity index (χ4v) is 5.46. The van der Waals surface area contributed by atoms with Crippen LogP contribution in [0.2, 0.25) is 0 Å². The lowest BCUT2D eigenvalue weighted by Gasteiger charge is -2.26. The Bertz CT molecular complexity index is 891. The third kappa shape index (κ3) is 3.64. The number of hydrogen-bond acceptors (Lipinski definition) is 6. The molecule has 26 heavy (non-hydrogen) atoms. The summed E-state index contributed by atoms with van der Waals surface area (Å²) in [6, 6.07) is 15.9. The molecule has 0 bridgehead atoms. The van der Waals surface area contributed by atoms with Crippen LogP contribution in [0.25, 0.3) is 11.1 Å². The lowest BCUT2D eigenvalue weighted by Crippen LogP contribution is -2.21. The molecule has 0 unspecified atom stereocenters. The van der Waals surface area contributed by atoms with Gasteiger partial charge < -0.3 is 4.74 Å². The van der Waals surface area contributed by atoms with Gasteiger partial charge in [-0.25, -0.2) is 4.79 Å². The van der Waals surface area contributed by atoms with E-state index in [4.69, 9.17) is 8.37 Å². The van der Waals surface area contributed by atoms with E-state index in [2.05, 4.69) is 4.18 Å². The Labute approximate surface area is 154 Å². The monoisotopic (exact) mass is 396 g/mol. The first-order valence-electron chi connectivity index (χ1n) is 7.85. The number of fused-ring (bicyclic) bond motifs is 3. The lowest BCUT2D eigenvalue weighted by atomic mass is 9.98. The quantitative estimate of drug-likeness (QED) is 0.715. The molecule has 0 aliphatic heterocycles. The first-order valence-corrected chi connectivity index (χ1v) is 11.6. The smallest absolute Gasteiger partial charge is 0.409 e. The molecule has 0 atom stereocenters. The fraction of sp³-hybridized carbons (Fsp3) is 0.278. The predicted molar refractivity (Wildman–Crippen MR) is 102 cm³/mol. The largest absolute Gasteiger partial charge is 0.456 e. The average molecular weight is 396 g/mol. The first-order chi connectivity index (χ1) is 12.2. The highest BCUT2D eigenvalue weighted by molar-refractivity contribution is 8.42. The summed E-state index contributed by atoms with van der Waals surface area (Å²) < 4.78 is 37.5. The first kappa shape index (κ1) is 18.9. The number of carbonyl (C=O) groups is 1. The zero-order valence-electron chi connectivity index (χ0n) is 14.7. The fourth-order valence-electron chi connectivity index (χ4n) is 3.00. The summed E-state index contributed by atoms with van der Waals surface area (Å²) in [6.45, 7) is 0.111. The summed E-state index contributed by atoms with van der Waals surface area (Å²) in [4.78, 5) is 12.4. The van der Waals surface area contributed by atoms with E-state index in [1.54, 1.807) is 0 Å². The van der Waals surface area contributed by atoms with Gasteiger partial charge in [0.25, 0.3) is 0 Å². The molecule has 0 aromatic heterocycles. The SMILES string of the molecule is COS(=O)(=O)OS(C)(C)C(=O)OCC1c2ccccc2-c2ccccc21. The Morgan fingerprint density at radius 2 is 1.46 bits per heavy atom. The van der Waals surface area contributed by atoms with Gasteiger partial charge in [0.15, 0.2) is 0 Å². The van der Waals surface area contributed by atoms with Crippen LogP contribution in [-0.4, -0.2) is 39.9 Å². The van der Waals surface area contributed by atoms with Gasteiger partial charge in [0, 0.05) is 5.92 Å². The van der Waals surface area contributed by atoms with Crippen molar-refractivity contribution in [2.24, 2.45) is 0 Å². The molecule has 8 heteroatoms. The molecular formula is C18H20O6S2. The van der Waals surface area contributed by atoms with Crippen LogP contribution >= 0.6 is 10.3 Å². The lowest BCUT2D eigenvalue weighted by molar-refractivity contribution is 0.168. The van der Waals surface area contributed by atoms with Gasteiger partial charge in [0.2, 0.25) is 0 Å². The van der Waals surface area contributed by atoms with Crippen LogP contribution in [0.5, 0.6) is 0 Å². The normalized spacial score (nSPS) is 14.6. The van der Waals surface area contributed by atoms with Crippen molar-refractivity contribution in [2.45, 2.75) is 5.92 Å². The van der Waals surface area contributed by atoms with Crippen LogP contribution in [0.3, 0.4) is 0 Å². The molecule has 3 rings (SSSR count). The van der Waals surface area contributed by atoms with Gasteiger partial charge >= 0.3 is 15.7 Å². The predicted octanol–water partition coefficient (Wildman–Crippen LogP) is 3.82. The van der Waals surface area contributed by atoms with Gasteiger partial charge in [-0.2, -0.15) is 12.0 Å². The third-order valence-corrected chi connectivity index (χ3v) is 7.55. The molecule has 0 amide bonds. The van der Waals surface area contributed by atoms with Crippen molar-refractivity contribution in [3.63, 3.8) is 0 Å². The van der Waals surface area contributed by atoms with Crippen molar-refractivity contribution >= 4 is 26.0 Å². The minimum Gasteiger partial charge on any atom is -0.456 e. The number of ether oxygens (including phenoxy) is 1. The average Bonchev–Trinajstić information content (AvgIpc) is 2.93. The van der Waals surface area contributed by atoms with E-state index >= 15 is 0 Å². The Kier molecular flexibility index (Phi) is 5.12. The summed E-state index contributed by atoms with van der Waals surface area (Å²) in [5.74, 6) is -0.0967. The highest BCUT2D eigenvalue weighted by Gasteiger charge is 2.34. The maximum Gasteiger partial charge on any atom is 0.409 e. The van der Waals surface area contributed by atoms with Gasteiger partial charge in [-0.15, -0.1) is 0 Å². The zero-order chi connectivity index (χ0) is 18.9. The molecule has 0 spiro atoms. The third-order valence-electron chi connectivity index (χ3n) is 4.19. The molecule has 1 aliphatic carbocycles. The molecule has 2 aromatic rings. The van der Waals surface area contributed by atoms with Crippen molar-refractivity contribution in [1.29, 1.82) is 0 Å². The van der Waals surface area contributed by atoms with Crippen LogP contribution in [0.1, 0.15) is 17.0 Å². The van der Waals surface area contributed by atoms with Gasteiger partial charge in [-0.1, -0.05) is 48.5 Å². The summed E-state index contributed by atoms with van der Waals surface area (Å²) >= 11 is 0. The number of hydrogen-bond donors (Lipinski definition) is 0. The second-order valence-electron chi connectivity index (χ2n) is 6.16. The molecule has 0 radical (unpaired) electrons. The van der Waals surface area contributed by atoms with E-state index in [0.717, 1.165) is 29.4 Å². The molecular weight excluding hydrogens is 376 g/mol. The highest BCUT2D eigenvalue weighted by Crippen LogP contribution is 2.48. The number of rotatable bonds is 5. The van der Waals surface area contributed by atoms with Crippen molar-refractivity contribution < 1.29 is 25.8 Å². The minimum absolute atomic E-state index is 0.0967. The molecule has 140 valence electrons. The van der Waals surface area contributed by atoms with Crippen molar-refractivity contribution in [1.82, 2.24) is 0 Å². The Hall–Kier alpha value is -1.87. The topological polar surface area (TPSA) is 78.9 Å². The summed E-state index contributed by atoms with van der Waals surface area (Å²) in [6.07, 6.45) is 2.81. The number of benzene rings is 2. The summed E-state index contributed by atoms with van der Waals surface area (Å²) in [7, 11) is -5.90. The van der Waals surface area contributed by atoms with E-state index < -0.39 is 26.0 Å².